The third-order valence-electron chi connectivity index (χ3n) is 5.42. The van der Waals surface area contributed by atoms with Crippen molar-refractivity contribution in [3.8, 4) is 0 Å². The summed E-state index contributed by atoms with van der Waals surface area (Å²) in [6, 6.07) is 18.3. The van der Waals surface area contributed by atoms with E-state index in [1.807, 2.05) is 30.3 Å². The van der Waals surface area contributed by atoms with Gasteiger partial charge in [0.15, 0.2) is 11.5 Å². The number of carbonyl (C=O) groups is 3. The number of furan rings is 1. The van der Waals surface area contributed by atoms with E-state index in [1.165, 1.54) is 24.3 Å². The number of esters is 1. The summed E-state index contributed by atoms with van der Waals surface area (Å²) in [4.78, 5) is 39.4. The van der Waals surface area contributed by atoms with Crippen LogP contribution in [0, 0.1) is 0 Å². The van der Waals surface area contributed by atoms with Gasteiger partial charge < -0.3 is 19.2 Å². The monoisotopic (exact) mass is 431 g/mol. The van der Waals surface area contributed by atoms with Gasteiger partial charge in [-0.3, -0.25) is 9.59 Å². The highest BCUT2D eigenvalue weighted by molar-refractivity contribution is 6.15. The van der Waals surface area contributed by atoms with Crippen LogP contribution in [0.25, 0.3) is 0 Å². The van der Waals surface area contributed by atoms with E-state index < -0.39 is 29.5 Å². The Morgan fingerprint density at radius 1 is 1.03 bits per heavy atom. The Morgan fingerprint density at radius 3 is 2.38 bits per heavy atom. The summed E-state index contributed by atoms with van der Waals surface area (Å²) in [5, 5.41) is 10.7. The van der Waals surface area contributed by atoms with Gasteiger partial charge in [0.05, 0.1) is 30.6 Å². The Balaban J connectivity index is 1.71. The van der Waals surface area contributed by atoms with Crippen LogP contribution in [0.3, 0.4) is 0 Å². The molecule has 0 spiro atoms. The second-order valence-corrected chi connectivity index (χ2v) is 7.32. The number of ketones is 1. The van der Waals surface area contributed by atoms with Gasteiger partial charge in [0.1, 0.15) is 0 Å². The van der Waals surface area contributed by atoms with Crippen LogP contribution in [-0.2, 0) is 16.0 Å². The van der Waals surface area contributed by atoms with Crippen LogP contribution >= 0.6 is 0 Å². The molecular formula is C25H21NO6. The Hall–Kier alpha value is -4.13. The van der Waals surface area contributed by atoms with Crippen LogP contribution in [0.5, 0.6) is 0 Å². The van der Waals surface area contributed by atoms with E-state index in [4.69, 9.17) is 9.15 Å². The van der Waals surface area contributed by atoms with Gasteiger partial charge in [0.2, 0.25) is 5.78 Å². The molecule has 0 bridgehead atoms. The molecule has 1 amide bonds. The third-order valence-corrected chi connectivity index (χ3v) is 5.42. The fourth-order valence-electron chi connectivity index (χ4n) is 3.82. The molecule has 0 radical (unpaired) electrons. The number of methoxy groups -OCH3 is 1. The van der Waals surface area contributed by atoms with E-state index in [1.54, 1.807) is 30.3 Å². The highest BCUT2D eigenvalue weighted by Crippen LogP contribution is 2.39. The zero-order valence-corrected chi connectivity index (χ0v) is 17.4. The van der Waals surface area contributed by atoms with Gasteiger partial charge in [-0.1, -0.05) is 42.5 Å². The second kappa shape index (κ2) is 8.93. The van der Waals surface area contributed by atoms with Crippen molar-refractivity contribution in [3.05, 3.63) is 107 Å². The van der Waals surface area contributed by atoms with Gasteiger partial charge in [-0.15, -0.1) is 0 Å². The van der Waals surface area contributed by atoms with Crippen LogP contribution < -0.4 is 0 Å². The first kappa shape index (κ1) is 21.1. The third kappa shape index (κ3) is 3.92. The predicted molar refractivity (Wildman–Crippen MR) is 115 cm³/mol. The van der Waals surface area contributed by atoms with Crippen LogP contribution in [0.4, 0.5) is 0 Å². The minimum Gasteiger partial charge on any atom is -0.503 e. The zero-order chi connectivity index (χ0) is 22.7. The summed E-state index contributed by atoms with van der Waals surface area (Å²) in [6.07, 6.45) is 1.90. The molecule has 2 heterocycles. The van der Waals surface area contributed by atoms with E-state index >= 15 is 0 Å². The maximum Gasteiger partial charge on any atom is 0.337 e. The zero-order valence-electron chi connectivity index (χ0n) is 17.4. The van der Waals surface area contributed by atoms with E-state index in [-0.39, 0.29) is 17.9 Å². The van der Waals surface area contributed by atoms with Gasteiger partial charge in [0.25, 0.3) is 5.91 Å². The number of hydrogen-bond acceptors (Lipinski definition) is 6. The number of amides is 1. The first-order valence-electron chi connectivity index (χ1n) is 10.1. The molecule has 2 aromatic carbocycles. The van der Waals surface area contributed by atoms with Gasteiger partial charge in [-0.2, -0.15) is 0 Å². The summed E-state index contributed by atoms with van der Waals surface area (Å²) in [5.74, 6) is -2.25. The van der Waals surface area contributed by atoms with Gasteiger partial charge >= 0.3 is 5.97 Å². The first-order valence-corrected chi connectivity index (χ1v) is 10.1. The molecule has 0 saturated carbocycles. The molecule has 3 aromatic rings. The van der Waals surface area contributed by atoms with Crippen LogP contribution in [0.1, 0.15) is 38.1 Å². The van der Waals surface area contributed by atoms with Crippen molar-refractivity contribution < 1.29 is 28.6 Å². The lowest BCUT2D eigenvalue weighted by Gasteiger charge is -2.27. The fraction of sp³-hybridized carbons (Fsp3) is 0.160. The Morgan fingerprint density at radius 2 is 1.75 bits per heavy atom. The molecule has 1 aliphatic rings. The lowest BCUT2D eigenvalue weighted by molar-refractivity contribution is -0.129. The SMILES string of the molecule is COC(=O)c1ccc([C@@H]2C(C(=O)c3ccco3)=C(O)C(=O)N2CCc2ccccc2)cc1. The number of aliphatic hydroxyl groups is 1. The van der Waals surface area contributed by atoms with E-state index in [0.29, 0.717) is 17.5 Å². The highest BCUT2D eigenvalue weighted by Gasteiger charge is 2.44. The average molecular weight is 431 g/mol. The van der Waals surface area contributed by atoms with Crippen molar-refractivity contribution >= 4 is 17.7 Å². The topological polar surface area (TPSA) is 97.0 Å². The van der Waals surface area contributed by atoms with E-state index in [9.17, 15) is 19.5 Å². The molecule has 0 saturated heterocycles. The lowest BCUT2D eigenvalue weighted by Crippen LogP contribution is -2.33. The summed E-state index contributed by atoms with van der Waals surface area (Å²) in [5.41, 5.74) is 1.88. The maximum absolute atomic E-state index is 13.1. The van der Waals surface area contributed by atoms with Crippen LogP contribution in [-0.4, -0.2) is 41.3 Å². The number of aliphatic hydroxyl groups excluding tert-OH is 1. The molecule has 0 fully saturated rings. The maximum atomic E-state index is 13.1. The van der Waals surface area contributed by atoms with Crippen molar-refractivity contribution in [2.75, 3.05) is 13.7 Å². The summed E-state index contributed by atoms with van der Waals surface area (Å²) >= 11 is 0. The molecule has 1 aliphatic heterocycles. The molecule has 1 atom stereocenters. The summed E-state index contributed by atoms with van der Waals surface area (Å²) in [7, 11) is 1.29. The summed E-state index contributed by atoms with van der Waals surface area (Å²) in [6.45, 7) is 0.283. The molecular weight excluding hydrogens is 410 g/mol. The van der Waals surface area contributed by atoms with Crippen LogP contribution in [0.15, 0.2) is 88.7 Å². The van der Waals surface area contributed by atoms with Crippen LogP contribution in [0.2, 0.25) is 0 Å². The molecule has 4 rings (SSSR count). The van der Waals surface area contributed by atoms with Gasteiger partial charge in [-0.25, -0.2) is 4.79 Å². The second-order valence-electron chi connectivity index (χ2n) is 7.32. The van der Waals surface area contributed by atoms with Crippen molar-refractivity contribution in [2.24, 2.45) is 0 Å². The van der Waals surface area contributed by atoms with Crippen molar-refractivity contribution in [1.82, 2.24) is 4.90 Å². The fourth-order valence-corrected chi connectivity index (χ4v) is 3.82. The van der Waals surface area contributed by atoms with Crippen molar-refractivity contribution in [1.29, 1.82) is 0 Å². The standard InChI is InChI=1S/C25H21NO6/c1-31-25(30)18-11-9-17(10-12-18)21-20(22(27)19-8-5-15-32-19)23(28)24(29)26(21)14-13-16-6-3-2-4-7-16/h2-12,15,21,28H,13-14H2,1H3/t21-/m1/s1. The van der Waals surface area contributed by atoms with Crippen molar-refractivity contribution in [2.45, 2.75) is 12.5 Å². The Kier molecular flexibility index (Phi) is 5.89. The van der Waals surface area contributed by atoms with E-state index in [0.717, 1.165) is 5.56 Å². The molecule has 1 N–H and O–H groups in total. The molecule has 1 aromatic heterocycles. The lowest BCUT2D eigenvalue weighted by atomic mass is 9.94. The molecule has 7 nitrogen and oxygen atoms in total. The number of nitrogens with zero attached hydrogens (tertiary/aromatic N) is 1. The number of Topliss-reactive ketones (excluding diaryl/α,β-unsaturated/α-hetero) is 1. The molecule has 162 valence electrons. The Bertz CT molecular complexity index is 1160. The van der Waals surface area contributed by atoms with Crippen molar-refractivity contribution in [3.63, 3.8) is 0 Å². The average Bonchev–Trinajstić information content (AvgIpc) is 3.45. The molecule has 0 unspecified atom stereocenters. The first-order chi connectivity index (χ1) is 15.5. The number of carbonyl (C=O) groups excluding carboxylic acids is 3. The molecule has 0 aliphatic carbocycles. The highest BCUT2D eigenvalue weighted by atomic mass is 16.5. The number of hydrogen-bond donors (Lipinski definition) is 1. The Labute approximate surface area is 184 Å². The number of ether oxygens (including phenoxy) is 1. The molecule has 32 heavy (non-hydrogen) atoms. The number of rotatable bonds is 7. The summed E-state index contributed by atoms with van der Waals surface area (Å²) < 4.78 is 9.95. The minimum absolute atomic E-state index is 0.0282. The van der Waals surface area contributed by atoms with E-state index in [2.05, 4.69) is 0 Å². The normalized spacial score (nSPS) is 15.8. The smallest absolute Gasteiger partial charge is 0.337 e. The van der Waals surface area contributed by atoms with Gasteiger partial charge in [0, 0.05) is 6.54 Å². The predicted octanol–water partition coefficient (Wildman–Crippen LogP) is 3.89. The largest absolute Gasteiger partial charge is 0.503 e. The number of benzene rings is 2. The quantitative estimate of drug-likeness (QED) is 0.450. The molecule has 7 heteroatoms. The minimum atomic E-state index is -0.824. The van der Waals surface area contributed by atoms with Gasteiger partial charge in [-0.05, 0) is 41.8 Å².